The number of nitrogens with zero attached hydrogens (tertiary/aromatic N) is 2. The molecule has 0 radical (unpaired) electrons. The summed E-state index contributed by atoms with van der Waals surface area (Å²) in [6.07, 6.45) is 0.478. The van der Waals surface area contributed by atoms with Gasteiger partial charge in [0.15, 0.2) is 0 Å². The van der Waals surface area contributed by atoms with Crippen molar-refractivity contribution in [1.29, 1.82) is 0 Å². The highest BCUT2D eigenvalue weighted by Gasteiger charge is 2.14. The molecule has 0 spiro atoms. The zero-order valence-electron chi connectivity index (χ0n) is 16.5. The zero-order valence-corrected chi connectivity index (χ0v) is 16.5. The Morgan fingerprint density at radius 2 is 1.72 bits per heavy atom. The van der Waals surface area contributed by atoms with Gasteiger partial charge in [0.2, 0.25) is 17.7 Å². The molecular formula is C22H24N4O3. The zero-order chi connectivity index (χ0) is 20.6. The van der Waals surface area contributed by atoms with Crippen molar-refractivity contribution < 1.29 is 14.0 Å². The number of aryl methyl sites for hydroxylation is 1. The summed E-state index contributed by atoms with van der Waals surface area (Å²) >= 11 is 0. The van der Waals surface area contributed by atoms with Crippen LogP contribution in [0.1, 0.15) is 36.5 Å². The van der Waals surface area contributed by atoms with Gasteiger partial charge in [-0.2, -0.15) is 0 Å². The van der Waals surface area contributed by atoms with E-state index in [1.165, 1.54) is 0 Å². The fourth-order valence-corrected chi connectivity index (χ4v) is 2.67. The molecule has 0 saturated heterocycles. The van der Waals surface area contributed by atoms with E-state index in [4.69, 9.17) is 4.42 Å². The number of rotatable bonds is 8. The number of nitrogens with one attached hydrogen (secondary N) is 2. The van der Waals surface area contributed by atoms with Gasteiger partial charge < -0.3 is 15.1 Å². The summed E-state index contributed by atoms with van der Waals surface area (Å²) in [5, 5.41) is 13.7. The van der Waals surface area contributed by atoms with E-state index >= 15 is 0 Å². The number of amides is 2. The van der Waals surface area contributed by atoms with Crippen LogP contribution in [-0.4, -0.2) is 28.6 Å². The predicted octanol–water partition coefficient (Wildman–Crippen LogP) is 3.69. The van der Waals surface area contributed by atoms with Gasteiger partial charge in [-0.15, -0.1) is 10.2 Å². The Kier molecular flexibility index (Phi) is 6.73. The van der Waals surface area contributed by atoms with Crippen molar-refractivity contribution in [2.45, 2.75) is 26.7 Å². The van der Waals surface area contributed by atoms with Gasteiger partial charge in [-0.25, -0.2) is 0 Å². The van der Waals surface area contributed by atoms with Crippen molar-refractivity contribution in [2.24, 2.45) is 5.92 Å². The number of hydrogen-bond donors (Lipinski definition) is 2. The van der Waals surface area contributed by atoms with Crippen LogP contribution in [-0.2, 0) is 11.2 Å². The van der Waals surface area contributed by atoms with Crippen molar-refractivity contribution in [2.75, 3.05) is 11.9 Å². The van der Waals surface area contributed by atoms with E-state index in [-0.39, 0.29) is 18.2 Å². The first-order chi connectivity index (χ1) is 14.0. The predicted molar refractivity (Wildman–Crippen MR) is 110 cm³/mol. The van der Waals surface area contributed by atoms with E-state index in [1.54, 1.807) is 24.3 Å². The van der Waals surface area contributed by atoms with Crippen LogP contribution >= 0.6 is 0 Å². The third kappa shape index (κ3) is 5.75. The van der Waals surface area contributed by atoms with Crippen molar-refractivity contribution in [3.63, 3.8) is 0 Å². The van der Waals surface area contributed by atoms with Gasteiger partial charge >= 0.3 is 0 Å². The van der Waals surface area contributed by atoms with E-state index in [0.717, 1.165) is 5.56 Å². The fourth-order valence-electron chi connectivity index (χ4n) is 2.67. The summed E-state index contributed by atoms with van der Waals surface area (Å²) in [5.74, 6) is 0.721. The average Bonchev–Trinajstić information content (AvgIpc) is 3.21. The summed E-state index contributed by atoms with van der Waals surface area (Å²) in [5.41, 5.74) is 1.75. The highest BCUT2D eigenvalue weighted by molar-refractivity contribution is 6.03. The van der Waals surface area contributed by atoms with Crippen LogP contribution < -0.4 is 10.6 Å². The van der Waals surface area contributed by atoms with E-state index in [2.05, 4.69) is 20.8 Å². The molecule has 0 bridgehead atoms. The molecule has 3 rings (SSSR count). The minimum atomic E-state index is -0.228. The molecular weight excluding hydrogens is 368 g/mol. The number of aromatic nitrogens is 2. The fraction of sp³-hybridized carbons (Fsp3) is 0.273. The SMILES string of the molecule is CC(C)CNC(=O)c1ccccc1NC(=O)CCc1nnc(-c2ccccc2)o1. The molecule has 1 heterocycles. The maximum Gasteiger partial charge on any atom is 0.253 e. The number of hydrogen-bond acceptors (Lipinski definition) is 5. The molecule has 2 N–H and O–H groups in total. The molecule has 150 valence electrons. The second kappa shape index (κ2) is 9.64. The van der Waals surface area contributed by atoms with Crippen molar-refractivity contribution in [1.82, 2.24) is 15.5 Å². The molecule has 2 amide bonds. The number of benzene rings is 2. The van der Waals surface area contributed by atoms with Gasteiger partial charge in [0.25, 0.3) is 5.91 Å². The lowest BCUT2D eigenvalue weighted by atomic mass is 10.1. The molecule has 0 aliphatic carbocycles. The Morgan fingerprint density at radius 3 is 2.48 bits per heavy atom. The second-order valence-electron chi connectivity index (χ2n) is 7.06. The van der Waals surface area contributed by atoms with Crippen molar-refractivity contribution >= 4 is 17.5 Å². The number of anilines is 1. The summed E-state index contributed by atoms with van der Waals surface area (Å²) in [4.78, 5) is 24.7. The molecule has 0 unspecified atom stereocenters. The topological polar surface area (TPSA) is 97.1 Å². The molecule has 2 aromatic carbocycles. The Balaban J connectivity index is 1.58. The van der Waals surface area contributed by atoms with Crippen LogP contribution in [0.15, 0.2) is 59.0 Å². The highest BCUT2D eigenvalue weighted by atomic mass is 16.4. The summed E-state index contributed by atoms with van der Waals surface area (Å²) < 4.78 is 5.62. The minimum Gasteiger partial charge on any atom is -0.421 e. The first-order valence-electron chi connectivity index (χ1n) is 9.58. The molecule has 0 atom stereocenters. The van der Waals surface area contributed by atoms with Gasteiger partial charge in [0.1, 0.15) is 0 Å². The monoisotopic (exact) mass is 392 g/mol. The third-order valence-corrected chi connectivity index (χ3v) is 4.17. The lowest BCUT2D eigenvalue weighted by Gasteiger charge is -2.12. The summed E-state index contributed by atoms with van der Waals surface area (Å²) in [7, 11) is 0. The van der Waals surface area contributed by atoms with E-state index in [1.807, 2.05) is 44.2 Å². The third-order valence-electron chi connectivity index (χ3n) is 4.17. The summed E-state index contributed by atoms with van der Waals surface area (Å²) in [6.45, 7) is 4.62. The normalized spacial score (nSPS) is 10.7. The van der Waals surface area contributed by atoms with Crippen LogP contribution in [0.2, 0.25) is 0 Å². The minimum absolute atomic E-state index is 0.165. The van der Waals surface area contributed by atoms with Gasteiger partial charge in [0, 0.05) is 24.9 Å². The van der Waals surface area contributed by atoms with Gasteiger partial charge in [0.05, 0.1) is 11.3 Å². The Hall–Kier alpha value is -3.48. The number of para-hydroxylation sites is 1. The molecule has 29 heavy (non-hydrogen) atoms. The lowest BCUT2D eigenvalue weighted by molar-refractivity contribution is -0.116. The Morgan fingerprint density at radius 1 is 1.00 bits per heavy atom. The molecule has 7 nitrogen and oxygen atoms in total. The molecule has 7 heteroatoms. The maximum absolute atomic E-state index is 12.4. The largest absolute Gasteiger partial charge is 0.421 e. The van der Waals surface area contributed by atoms with Gasteiger partial charge in [-0.3, -0.25) is 9.59 Å². The van der Waals surface area contributed by atoms with Crippen LogP contribution in [0.25, 0.3) is 11.5 Å². The van der Waals surface area contributed by atoms with Gasteiger partial charge in [-0.05, 0) is 30.2 Å². The number of carbonyl (C=O) groups is 2. The summed E-state index contributed by atoms with van der Waals surface area (Å²) in [6, 6.07) is 16.4. The Labute approximate surface area is 169 Å². The lowest BCUT2D eigenvalue weighted by Crippen LogP contribution is -2.28. The maximum atomic E-state index is 12.4. The van der Waals surface area contributed by atoms with Crippen molar-refractivity contribution in [3.05, 3.63) is 66.1 Å². The molecule has 0 aliphatic rings. The first kappa shape index (κ1) is 20.3. The quantitative estimate of drug-likeness (QED) is 0.609. The smallest absolute Gasteiger partial charge is 0.253 e. The molecule has 0 aliphatic heterocycles. The highest BCUT2D eigenvalue weighted by Crippen LogP contribution is 2.18. The van der Waals surface area contributed by atoms with Crippen LogP contribution in [0.4, 0.5) is 5.69 Å². The molecule has 3 aromatic rings. The number of carbonyl (C=O) groups excluding carboxylic acids is 2. The standard InChI is InChI=1S/C22H24N4O3/c1-15(2)14-23-21(28)17-10-6-7-11-18(17)24-19(27)12-13-20-25-26-22(29-20)16-8-4-3-5-9-16/h3-11,15H,12-14H2,1-2H3,(H,23,28)(H,24,27). The van der Waals surface area contributed by atoms with E-state index in [0.29, 0.717) is 41.9 Å². The first-order valence-corrected chi connectivity index (χ1v) is 9.58. The van der Waals surface area contributed by atoms with Crippen molar-refractivity contribution in [3.8, 4) is 11.5 Å². The van der Waals surface area contributed by atoms with Crippen LogP contribution in [0, 0.1) is 5.92 Å². The Bertz CT molecular complexity index is 967. The molecule has 1 aromatic heterocycles. The van der Waals surface area contributed by atoms with Gasteiger partial charge in [-0.1, -0.05) is 44.2 Å². The van der Waals surface area contributed by atoms with E-state index < -0.39 is 0 Å². The van der Waals surface area contributed by atoms with Crippen LogP contribution in [0.5, 0.6) is 0 Å². The second-order valence-corrected chi connectivity index (χ2v) is 7.06. The molecule has 0 saturated carbocycles. The van der Waals surface area contributed by atoms with Crippen LogP contribution in [0.3, 0.4) is 0 Å². The average molecular weight is 392 g/mol. The molecule has 0 fully saturated rings. The van der Waals surface area contributed by atoms with E-state index in [9.17, 15) is 9.59 Å².